The molecule has 1 amide bonds. The van der Waals surface area contributed by atoms with Crippen molar-refractivity contribution in [2.45, 2.75) is 13.2 Å². The van der Waals surface area contributed by atoms with Gasteiger partial charge in [0.15, 0.2) is 5.82 Å². The van der Waals surface area contributed by atoms with Gasteiger partial charge in [-0.2, -0.15) is 0 Å². The summed E-state index contributed by atoms with van der Waals surface area (Å²) in [6.07, 6.45) is -0.441. The number of ether oxygens (including phenoxy) is 3. The van der Waals surface area contributed by atoms with Crippen molar-refractivity contribution < 1.29 is 28.2 Å². The molecular weight excluding hydrogens is 497 g/mol. The van der Waals surface area contributed by atoms with E-state index >= 15 is 0 Å². The molecule has 4 heterocycles. The molecule has 12 nitrogen and oxygen atoms in total. The number of likely N-dealkylation sites (N-methyl/N-ethyl adjacent to an activating group) is 1. The highest BCUT2D eigenvalue weighted by molar-refractivity contribution is 5.87. The zero-order valence-electron chi connectivity index (χ0n) is 21.0. The first-order valence-electron chi connectivity index (χ1n) is 12.1. The van der Waals surface area contributed by atoms with E-state index in [-0.39, 0.29) is 19.0 Å². The molecule has 0 aliphatic carbocycles. The fourth-order valence-electron chi connectivity index (χ4n) is 4.25. The topological polar surface area (TPSA) is 149 Å². The van der Waals surface area contributed by atoms with Crippen LogP contribution in [0.3, 0.4) is 0 Å². The third-order valence-corrected chi connectivity index (χ3v) is 6.54. The van der Waals surface area contributed by atoms with Gasteiger partial charge in [-0.25, -0.2) is 24.1 Å². The number of hydrogen-bond donors (Lipinski definition) is 2. The Morgan fingerprint density at radius 1 is 1.11 bits per heavy atom. The Kier molecular flexibility index (Phi) is 7.06. The van der Waals surface area contributed by atoms with Crippen molar-refractivity contribution in [1.29, 1.82) is 0 Å². The third kappa shape index (κ3) is 5.35. The highest BCUT2D eigenvalue weighted by Gasteiger charge is 2.43. The number of anilines is 1. The van der Waals surface area contributed by atoms with E-state index in [9.17, 15) is 14.0 Å². The first-order chi connectivity index (χ1) is 18.2. The van der Waals surface area contributed by atoms with Crippen LogP contribution in [-0.2, 0) is 19.0 Å². The summed E-state index contributed by atoms with van der Waals surface area (Å²) in [6.45, 7) is 4.79. The predicted octanol–water partition coefficient (Wildman–Crippen LogP) is 2.10. The number of carbonyl (C=O) groups excluding carboxylic acids is 2. The van der Waals surface area contributed by atoms with Gasteiger partial charge in [0.05, 0.1) is 30.3 Å². The summed E-state index contributed by atoms with van der Waals surface area (Å²) >= 11 is 0. The number of amides is 1. The molecule has 0 bridgehead atoms. The molecular formula is C25H28FN7O5. The fourth-order valence-corrected chi connectivity index (χ4v) is 4.25. The van der Waals surface area contributed by atoms with Gasteiger partial charge in [-0.1, -0.05) is 0 Å². The smallest absolute Gasteiger partial charge is 0.376 e. The van der Waals surface area contributed by atoms with Crippen molar-refractivity contribution in [2.75, 3.05) is 51.3 Å². The average molecular weight is 526 g/mol. The van der Waals surface area contributed by atoms with Crippen LogP contribution in [0.2, 0.25) is 0 Å². The molecule has 0 radical (unpaired) electrons. The van der Waals surface area contributed by atoms with Gasteiger partial charge in [-0.15, -0.1) is 0 Å². The van der Waals surface area contributed by atoms with E-state index in [2.05, 4.69) is 31.6 Å². The second-order valence-corrected chi connectivity index (χ2v) is 9.61. The molecule has 0 unspecified atom stereocenters. The maximum atomic E-state index is 13.7. The number of nitrogens with zero attached hydrogens (tertiary/aromatic N) is 5. The number of H-pyrrole nitrogens is 1. The lowest BCUT2D eigenvalue weighted by atomic mass is 9.92. The molecule has 38 heavy (non-hydrogen) atoms. The maximum Gasteiger partial charge on any atom is 0.412 e. The van der Waals surface area contributed by atoms with E-state index in [1.165, 1.54) is 12.1 Å². The van der Waals surface area contributed by atoms with Gasteiger partial charge in [0.1, 0.15) is 11.2 Å². The van der Waals surface area contributed by atoms with Gasteiger partial charge >= 0.3 is 12.1 Å². The van der Waals surface area contributed by atoms with Gasteiger partial charge in [0, 0.05) is 37.9 Å². The van der Waals surface area contributed by atoms with Crippen LogP contribution in [0.5, 0.6) is 0 Å². The van der Waals surface area contributed by atoms with Crippen LogP contribution in [0.25, 0.3) is 22.6 Å². The zero-order chi connectivity index (χ0) is 26.9. The van der Waals surface area contributed by atoms with Crippen molar-refractivity contribution in [3.63, 3.8) is 0 Å². The van der Waals surface area contributed by atoms with Gasteiger partial charge in [0.25, 0.3) is 0 Å². The van der Waals surface area contributed by atoms with Crippen LogP contribution in [0.4, 0.5) is 15.1 Å². The SMILES string of the molecule is CN1CCN(c2nccc(-c3[nH]c(C4OCC(C)(C(=O)OC(N)=O)CO4)nc3-c3ccc(F)cc3)n2)CC1. The zero-order valence-corrected chi connectivity index (χ0v) is 21.0. The number of piperazine rings is 1. The van der Waals surface area contributed by atoms with Crippen molar-refractivity contribution in [2.24, 2.45) is 11.1 Å². The van der Waals surface area contributed by atoms with Gasteiger partial charge < -0.3 is 34.7 Å². The van der Waals surface area contributed by atoms with Gasteiger partial charge in [0.2, 0.25) is 12.2 Å². The Morgan fingerprint density at radius 2 is 1.79 bits per heavy atom. The molecule has 3 aromatic rings. The van der Waals surface area contributed by atoms with Crippen molar-refractivity contribution in [3.05, 3.63) is 48.2 Å². The minimum absolute atomic E-state index is 0.0905. The summed E-state index contributed by atoms with van der Waals surface area (Å²) < 4.78 is 29.8. The summed E-state index contributed by atoms with van der Waals surface area (Å²) in [5.41, 5.74) is 6.11. The molecule has 2 aromatic heterocycles. The second-order valence-electron chi connectivity index (χ2n) is 9.61. The molecule has 3 N–H and O–H groups in total. The highest BCUT2D eigenvalue weighted by atomic mass is 19.1. The number of carbonyl (C=O) groups is 2. The number of imidazole rings is 1. The van der Waals surface area contributed by atoms with E-state index in [0.29, 0.717) is 34.4 Å². The number of benzene rings is 1. The predicted molar refractivity (Wildman–Crippen MR) is 133 cm³/mol. The monoisotopic (exact) mass is 525 g/mol. The number of halogens is 1. The molecule has 0 saturated carbocycles. The Balaban J connectivity index is 1.45. The summed E-state index contributed by atoms with van der Waals surface area (Å²) in [5.74, 6) is -0.269. The van der Waals surface area contributed by atoms with Crippen LogP contribution in [-0.4, -0.2) is 83.3 Å². The summed E-state index contributed by atoms with van der Waals surface area (Å²) in [6, 6.07) is 7.73. The van der Waals surface area contributed by atoms with Crippen molar-refractivity contribution in [3.8, 4) is 22.6 Å². The van der Waals surface area contributed by atoms with E-state index in [1.54, 1.807) is 31.3 Å². The van der Waals surface area contributed by atoms with E-state index in [4.69, 9.17) is 25.2 Å². The van der Waals surface area contributed by atoms with Gasteiger partial charge in [-0.05, 0) is 44.3 Å². The van der Waals surface area contributed by atoms with E-state index in [0.717, 1.165) is 26.2 Å². The lowest BCUT2D eigenvalue weighted by Crippen LogP contribution is -2.45. The molecule has 5 rings (SSSR count). The molecule has 0 atom stereocenters. The molecule has 2 aliphatic heterocycles. The van der Waals surface area contributed by atoms with Crippen LogP contribution >= 0.6 is 0 Å². The number of nitrogens with two attached hydrogens (primary N) is 1. The molecule has 1 aromatic carbocycles. The number of aromatic amines is 1. The number of hydrogen-bond acceptors (Lipinski definition) is 10. The molecule has 2 saturated heterocycles. The standard InChI is InChI=1S/C25H28FN7O5/c1-25(22(34)38-23(27)35)13-36-21(37-14-25)20-30-18(15-3-5-16(26)6-4-15)19(31-20)17-7-8-28-24(29-17)33-11-9-32(2)10-12-33/h3-8,21H,9-14H2,1-2H3,(H2,27,35)(H,30,31). The number of primary amides is 1. The number of nitrogens with one attached hydrogen (secondary N) is 1. The van der Waals surface area contributed by atoms with Crippen LogP contribution < -0.4 is 10.6 Å². The first-order valence-corrected chi connectivity index (χ1v) is 12.1. The van der Waals surface area contributed by atoms with Crippen LogP contribution in [0, 0.1) is 11.2 Å². The minimum atomic E-state index is -1.22. The first kappa shape index (κ1) is 25.7. The van der Waals surface area contributed by atoms with Crippen LogP contribution in [0.15, 0.2) is 36.5 Å². The molecule has 0 spiro atoms. The Labute approximate surface area is 217 Å². The Morgan fingerprint density at radius 3 is 2.45 bits per heavy atom. The maximum absolute atomic E-state index is 13.7. The van der Waals surface area contributed by atoms with E-state index in [1.807, 2.05) is 0 Å². The average Bonchev–Trinajstić information content (AvgIpc) is 3.35. The minimum Gasteiger partial charge on any atom is -0.376 e. The fraction of sp³-hybridized carbons (Fsp3) is 0.400. The van der Waals surface area contributed by atoms with Crippen molar-refractivity contribution in [1.82, 2.24) is 24.8 Å². The third-order valence-electron chi connectivity index (χ3n) is 6.54. The second kappa shape index (κ2) is 10.4. The van der Waals surface area contributed by atoms with E-state index < -0.39 is 23.8 Å². The number of aromatic nitrogens is 4. The van der Waals surface area contributed by atoms with Gasteiger partial charge in [-0.3, -0.25) is 4.79 Å². The Hall–Kier alpha value is -3.94. The number of esters is 1. The quantitative estimate of drug-likeness (QED) is 0.375. The largest absolute Gasteiger partial charge is 0.412 e. The Bertz CT molecular complexity index is 1320. The normalized spacial score (nSPS) is 22.3. The number of rotatable bonds is 5. The molecule has 200 valence electrons. The summed E-state index contributed by atoms with van der Waals surface area (Å²) in [5, 5.41) is 0. The lowest BCUT2D eigenvalue weighted by molar-refractivity contribution is -0.236. The molecule has 2 fully saturated rings. The summed E-state index contributed by atoms with van der Waals surface area (Å²) in [7, 11) is 2.08. The summed E-state index contributed by atoms with van der Waals surface area (Å²) in [4.78, 5) is 44.8. The van der Waals surface area contributed by atoms with Crippen LogP contribution in [0.1, 0.15) is 19.0 Å². The molecule has 13 heteroatoms. The highest BCUT2D eigenvalue weighted by Crippen LogP contribution is 2.36. The molecule has 2 aliphatic rings. The van der Waals surface area contributed by atoms with Crippen molar-refractivity contribution >= 4 is 18.0 Å². The lowest BCUT2D eigenvalue weighted by Gasteiger charge is -2.34.